The number of benzene rings is 1. The van der Waals surface area contributed by atoms with Crippen LogP contribution < -0.4 is 5.32 Å². The lowest BCUT2D eigenvalue weighted by atomic mass is 9.89. The Morgan fingerprint density at radius 3 is 2.83 bits per heavy atom. The van der Waals surface area contributed by atoms with Crippen molar-refractivity contribution in [2.24, 2.45) is 0 Å². The lowest BCUT2D eigenvalue weighted by Gasteiger charge is -2.17. The highest BCUT2D eigenvalue weighted by molar-refractivity contribution is 7.16. The molecule has 0 saturated carbocycles. The van der Waals surface area contributed by atoms with Crippen molar-refractivity contribution in [3.63, 3.8) is 0 Å². The zero-order chi connectivity index (χ0) is 19.8. The van der Waals surface area contributed by atoms with Gasteiger partial charge in [0, 0.05) is 41.7 Å². The molecule has 0 bridgehead atoms. The Morgan fingerprint density at radius 2 is 2.00 bits per heavy atom. The average molecular weight is 398 g/mol. The molecule has 1 aliphatic carbocycles. The summed E-state index contributed by atoms with van der Waals surface area (Å²) >= 11 is 1.55. The van der Waals surface area contributed by atoms with Gasteiger partial charge in [-0.25, -0.2) is 4.98 Å². The number of carbonyl (C=O) groups excluding carboxylic acids is 1. The number of aromatic nitrogens is 3. The first-order valence-electron chi connectivity index (χ1n) is 9.42. The summed E-state index contributed by atoms with van der Waals surface area (Å²) in [5, 5.41) is 4.59. The lowest BCUT2D eigenvalue weighted by Crippen LogP contribution is -2.05. The van der Waals surface area contributed by atoms with Crippen LogP contribution in [0.2, 0.25) is 0 Å². The molecule has 1 amide bonds. The maximum absolute atomic E-state index is 11.3. The number of nitrogens with zero attached hydrogens (tertiary/aromatic N) is 3. The molecule has 0 spiro atoms. The Morgan fingerprint density at radius 1 is 1.14 bits per heavy atom. The fraction of sp³-hybridized carbons (Fsp3) is 0.130. The van der Waals surface area contributed by atoms with E-state index in [1.807, 2.05) is 30.7 Å². The van der Waals surface area contributed by atoms with Gasteiger partial charge >= 0.3 is 0 Å². The molecule has 5 rings (SSSR count). The number of carbonyl (C=O) groups is 1. The van der Waals surface area contributed by atoms with Crippen molar-refractivity contribution in [1.82, 2.24) is 15.0 Å². The first-order chi connectivity index (χ1) is 14.2. The third-order valence-corrected chi connectivity index (χ3v) is 6.10. The zero-order valence-electron chi connectivity index (χ0n) is 15.8. The molecule has 1 N–H and O–H groups in total. The molecule has 4 aromatic rings. The van der Waals surface area contributed by atoms with E-state index < -0.39 is 0 Å². The molecule has 0 fully saturated rings. The molecule has 0 saturated heterocycles. The van der Waals surface area contributed by atoms with Gasteiger partial charge in [-0.05, 0) is 59.5 Å². The molecular formula is C23H18N4OS. The molecule has 29 heavy (non-hydrogen) atoms. The van der Waals surface area contributed by atoms with Crippen LogP contribution in [0.15, 0.2) is 61.1 Å². The Hall–Kier alpha value is -3.38. The number of amides is 1. The minimum atomic E-state index is -0.0951. The van der Waals surface area contributed by atoms with Crippen LogP contribution in [0.3, 0.4) is 0 Å². The third-order valence-electron chi connectivity index (χ3n) is 5.09. The Balaban J connectivity index is 1.51. The fourth-order valence-electron chi connectivity index (χ4n) is 3.73. The number of rotatable bonds is 3. The molecule has 6 heteroatoms. The van der Waals surface area contributed by atoms with Crippen molar-refractivity contribution in [3.05, 3.63) is 77.2 Å². The first kappa shape index (κ1) is 17.7. The average Bonchev–Trinajstić information content (AvgIpc) is 3.14. The second-order valence-corrected chi connectivity index (χ2v) is 8.13. The minimum absolute atomic E-state index is 0.0951. The predicted molar refractivity (Wildman–Crippen MR) is 117 cm³/mol. The summed E-state index contributed by atoms with van der Waals surface area (Å²) in [6.45, 7) is 1.50. The molecule has 5 nitrogen and oxygen atoms in total. The largest absolute Gasteiger partial charge is 0.302 e. The predicted octanol–water partition coefficient (Wildman–Crippen LogP) is 5.06. The van der Waals surface area contributed by atoms with Crippen molar-refractivity contribution in [3.8, 4) is 11.1 Å². The maximum Gasteiger partial charge on any atom is 0.223 e. The summed E-state index contributed by atoms with van der Waals surface area (Å²) in [6.07, 6.45) is 10.6. The third kappa shape index (κ3) is 3.43. The van der Waals surface area contributed by atoms with E-state index in [4.69, 9.17) is 0 Å². The van der Waals surface area contributed by atoms with E-state index in [1.165, 1.54) is 17.4 Å². The molecule has 3 aromatic heterocycles. The molecule has 0 aliphatic heterocycles. The summed E-state index contributed by atoms with van der Waals surface area (Å²) in [5.74, 6) is 0.172. The van der Waals surface area contributed by atoms with Crippen LogP contribution in [-0.2, 0) is 11.2 Å². The second kappa shape index (κ2) is 7.22. The number of hydrogen-bond acceptors (Lipinski definition) is 5. The first-order valence-corrected chi connectivity index (χ1v) is 10.2. The number of pyridine rings is 2. The van der Waals surface area contributed by atoms with Crippen molar-refractivity contribution in [1.29, 1.82) is 0 Å². The van der Waals surface area contributed by atoms with Crippen LogP contribution in [0.5, 0.6) is 0 Å². The van der Waals surface area contributed by atoms with E-state index in [0.717, 1.165) is 34.1 Å². The van der Waals surface area contributed by atoms with E-state index in [2.05, 4.69) is 56.7 Å². The molecule has 1 atom stereocenters. The molecule has 142 valence electrons. The highest BCUT2D eigenvalue weighted by Gasteiger charge is 2.20. The summed E-state index contributed by atoms with van der Waals surface area (Å²) in [7, 11) is 0. The van der Waals surface area contributed by atoms with Gasteiger partial charge in [-0.2, -0.15) is 0 Å². The van der Waals surface area contributed by atoms with Gasteiger partial charge in [0.15, 0.2) is 5.13 Å². The van der Waals surface area contributed by atoms with Crippen LogP contribution in [0.25, 0.3) is 28.1 Å². The SMILES string of the molecule is CC(=O)Nc1nc2c(s1)CC(c1ccc3nccc(-c4ccncc4)c3c1)C=C2. The highest BCUT2D eigenvalue weighted by Crippen LogP contribution is 2.37. The van der Waals surface area contributed by atoms with Gasteiger partial charge < -0.3 is 5.32 Å². The summed E-state index contributed by atoms with van der Waals surface area (Å²) in [6, 6.07) is 12.6. The van der Waals surface area contributed by atoms with Gasteiger partial charge in [0.05, 0.1) is 11.2 Å². The summed E-state index contributed by atoms with van der Waals surface area (Å²) in [5.41, 5.74) is 5.47. The smallest absolute Gasteiger partial charge is 0.223 e. The Bertz CT molecular complexity index is 1250. The van der Waals surface area contributed by atoms with E-state index in [0.29, 0.717) is 5.13 Å². The Kier molecular flexibility index (Phi) is 4.41. The quantitative estimate of drug-likeness (QED) is 0.523. The minimum Gasteiger partial charge on any atom is -0.302 e. The fourth-order valence-corrected chi connectivity index (χ4v) is 4.78. The van der Waals surface area contributed by atoms with Gasteiger partial charge in [0.2, 0.25) is 5.91 Å². The van der Waals surface area contributed by atoms with Crippen LogP contribution in [0, 0.1) is 0 Å². The van der Waals surface area contributed by atoms with Gasteiger partial charge in [-0.3, -0.25) is 14.8 Å². The molecule has 1 aliphatic rings. The second-order valence-electron chi connectivity index (χ2n) is 7.05. The number of thiazole rings is 1. The number of allylic oxidation sites excluding steroid dienone is 1. The molecule has 0 radical (unpaired) electrons. The van der Waals surface area contributed by atoms with Gasteiger partial charge in [0.25, 0.3) is 0 Å². The topological polar surface area (TPSA) is 67.8 Å². The van der Waals surface area contributed by atoms with Crippen molar-refractivity contribution < 1.29 is 4.79 Å². The van der Waals surface area contributed by atoms with Crippen molar-refractivity contribution in [2.75, 3.05) is 5.32 Å². The molecule has 3 heterocycles. The number of hydrogen-bond donors (Lipinski definition) is 1. The van der Waals surface area contributed by atoms with Crippen LogP contribution in [0.1, 0.15) is 29.0 Å². The van der Waals surface area contributed by atoms with E-state index in [9.17, 15) is 4.79 Å². The number of nitrogens with one attached hydrogen (secondary N) is 1. The van der Waals surface area contributed by atoms with Crippen molar-refractivity contribution >= 4 is 39.4 Å². The van der Waals surface area contributed by atoms with Crippen LogP contribution in [-0.4, -0.2) is 20.9 Å². The van der Waals surface area contributed by atoms with Gasteiger partial charge in [-0.1, -0.05) is 12.1 Å². The van der Waals surface area contributed by atoms with Gasteiger partial charge in [0.1, 0.15) is 0 Å². The monoisotopic (exact) mass is 398 g/mol. The van der Waals surface area contributed by atoms with E-state index in [1.54, 1.807) is 11.3 Å². The highest BCUT2D eigenvalue weighted by atomic mass is 32.1. The lowest BCUT2D eigenvalue weighted by molar-refractivity contribution is -0.114. The molecular weight excluding hydrogens is 380 g/mol. The molecule has 1 aromatic carbocycles. The molecule has 1 unspecified atom stereocenters. The van der Waals surface area contributed by atoms with Crippen LogP contribution in [0.4, 0.5) is 5.13 Å². The van der Waals surface area contributed by atoms with Crippen molar-refractivity contribution in [2.45, 2.75) is 19.3 Å². The van der Waals surface area contributed by atoms with E-state index in [-0.39, 0.29) is 11.8 Å². The standard InChI is InChI=1S/C23H18N4OS/c1-14(28)26-23-27-21-5-3-17(13-22(21)29-23)16-2-4-20-19(12-16)18(8-11-25-20)15-6-9-24-10-7-15/h2-12,17H,13H2,1H3,(H,26,27,28). The summed E-state index contributed by atoms with van der Waals surface area (Å²) < 4.78 is 0. The Labute approximate surface area is 172 Å². The van der Waals surface area contributed by atoms with Crippen LogP contribution >= 0.6 is 11.3 Å². The maximum atomic E-state index is 11.3. The number of anilines is 1. The van der Waals surface area contributed by atoms with E-state index >= 15 is 0 Å². The number of fused-ring (bicyclic) bond motifs is 2. The van der Waals surface area contributed by atoms with Gasteiger partial charge in [-0.15, -0.1) is 11.3 Å². The zero-order valence-corrected chi connectivity index (χ0v) is 16.6. The normalized spacial score (nSPS) is 15.3. The summed E-state index contributed by atoms with van der Waals surface area (Å²) in [4.78, 5) is 25.7.